The van der Waals surface area contributed by atoms with Crippen molar-refractivity contribution in [3.8, 4) is 17.9 Å². The molecule has 0 fully saturated rings. The lowest BCUT2D eigenvalue weighted by atomic mass is 10.3. The smallest absolute Gasteiger partial charge is 0.141 e. The van der Waals surface area contributed by atoms with Gasteiger partial charge in [0.25, 0.3) is 0 Å². The van der Waals surface area contributed by atoms with E-state index in [4.69, 9.17) is 10.8 Å². The minimum atomic E-state index is 0.344. The SMILES string of the molecule is N#Cc1cccc(C#CCCN=[N+]=[N-])n1. The fourth-order valence-corrected chi connectivity index (χ4v) is 0.870. The molecule has 15 heavy (non-hydrogen) atoms. The van der Waals surface area contributed by atoms with Gasteiger partial charge < -0.3 is 0 Å². The number of azide groups is 1. The Bertz CT molecular complexity index is 483. The first kappa shape index (κ1) is 10.6. The third-order valence-corrected chi connectivity index (χ3v) is 1.48. The lowest BCUT2D eigenvalue weighted by molar-refractivity contribution is 1.01. The van der Waals surface area contributed by atoms with Crippen molar-refractivity contribution in [1.29, 1.82) is 5.26 Å². The van der Waals surface area contributed by atoms with Crippen LogP contribution < -0.4 is 0 Å². The van der Waals surface area contributed by atoms with Gasteiger partial charge in [0.05, 0.1) is 0 Å². The summed E-state index contributed by atoms with van der Waals surface area (Å²) in [6, 6.07) is 7.00. The van der Waals surface area contributed by atoms with Gasteiger partial charge >= 0.3 is 0 Å². The van der Waals surface area contributed by atoms with Crippen LogP contribution in [0, 0.1) is 23.2 Å². The van der Waals surface area contributed by atoms with Crippen molar-refractivity contribution >= 4 is 0 Å². The molecule has 1 rings (SSSR count). The molecule has 0 radical (unpaired) electrons. The van der Waals surface area contributed by atoms with Gasteiger partial charge in [0.2, 0.25) is 0 Å². The van der Waals surface area contributed by atoms with Crippen LogP contribution in [0.2, 0.25) is 0 Å². The van der Waals surface area contributed by atoms with Crippen LogP contribution in [0.1, 0.15) is 17.8 Å². The molecule has 1 aromatic heterocycles. The Morgan fingerprint density at radius 3 is 3.00 bits per heavy atom. The lowest BCUT2D eigenvalue weighted by Crippen LogP contribution is -1.86. The molecular weight excluding hydrogens is 190 g/mol. The van der Waals surface area contributed by atoms with Crippen LogP contribution >= 0.6 is 0 Å². The molecule has 0 amide bonds. The van der Waals surface area contributed by atoms with E-state index in [1.54, 1.807) is 18.2 Å². The van der Waals surface area contributed by atoms with E-state index in [1.165, 1.54) is 0 Å². The molecule has 0 atom stereocenters. The summed E-state index contributed by atoms with van der Waals surface area (Å²) in [6.07, 6.45) is 0.489. The highest BCUT2D eigenvalue weighted by Crippen LogP contribution is 1.96. The van der Waals surface area contributed by atoms with Crippen LogP contribution in [0.3, 0.4) is 0 Å². The maximum Gasteiger partial charge on any atom is 0.141 e. The van der Waals surface area contributed by atoms with Crippen molar-refractivity contribution in [1.82, 2.24) is 4.98 Å². The van der Waals surface area contributed by atoms with Crippen LogP contribution in [-0.2, 0) is 0 Å². The fraction of sp³-hybridized carbons (Fsp3) is 0.200. The fourth-order valence-electron chi connectivity index (χ4n) is 0.870. The van der Waals surface area contributed by atoms with Crippen LogP contribution in [0.25, 0.3) is 10.4 Å². The van der Waals surface area contributed by atoms with Gasteiger partial charge in [-0.15, -0.1) is 0 Å². The van der Waals surface area contributed by atoms with Gasteiger partial charge in [-0.3, -0.25) is 0 Å². The first-order chi connectivity index (χ1) is 7.36. The number of pyridine rings is 1. The van der Waals surface area contributed by atoms with Crippen molar-refractivity contribution in [2.75, 3.05) is 6.54 Å². The molecule has 0 saturated carbocycles. The largest absolute Gasteiger partial charge is 0.229 e. The Kier molecular flexibility index (Phi) is 4.26. The Hall–Kier alpha value is -2.49. The molecule has 0 aromatic carbocycles. The first-order valence-corrected chi connectivity index (χ1v) is 4.23. The summed E-state index contributed by atoms with van der Waals surface area (Å²) < 4.78 is 0. The Balaban J connectivity index is 2.64. The molecule has 5 heteroatoms. The van der Waals surface area contributed by atoms with Crippen LogP contribution in [0.4, 0.5) is 0 Å². The molecule has 0 N–H and O–H groups in total. The normalized spacial score (nSPS) is 7.93. The molecule has 0 unspecified atom stereocenters. The first-order valence-electron chi connectivity index (χ1n) is 4.23. The molecule has 72 valence electrons. The Labute approximate surface area is 87.0 Å². The highest BCUT2D eigenvalue weighted by Gasteiger charge is 1.91. The van der Waals surface area contributed by atoms with Crippen molar-refractivity contribution in [3.63, 3.8) is 0 Å². The van der Waals surface area contributed by atoms with Crippen LogP contribution in [0.5, 0.6) is 0 Å². The zero-order valence-electron chi connectivity index (χ0n) is 7.88. The predicted octanol–water partition coefficient (Wildman–Crippen LogP) is 2.01. The number of aromatic nitrogens is 1. The molecule has 0 aliphatic heterocycles. The third-order valence-electron chi connectivity index (χ3n) is 1.48. The van der Waals surface area contributed by atoms with Gasteiger partial charge in [-0.2, -0.15) is 5.26 Å². The summed E-state index contributed by atoms with van der Waals surface area (Å²) in [6.45, 7) is 0.349. The molecule has 0 aliphatic carbocycles. The molecule has 1 aromatic rings. The van der Waals surface area contributed by atoms with E-state index in [9.17, 15) is 0 Å². The Morgan fingerprint density at radius 1 is 1.47 bits per heavy atom. The maximum absolute atomic E-state index is 8.59. The Morgan fingerprint density at radius 2 is 2.27 bits per heavy atom. The van der Waals surface area contributed by atoms with E-state index in [0.717, 1.165) is 0 Å². The molecule has 0 bridgehead atoms. The summed E-state index contributed by atoms with van der Waals surface area (Å²) >= 11 is 0. The third kappa shape index (κ3) is 3.82. The topological polar surface area (TPSA) is 85.4 Å². The second-order valence-electron chi connectivity index (χ2n) is 2.53. The minimum absolute atomic E-state index is 0.344. The van der Waals surface area contributed by atoms with Crippen molar-refractivity contribution in [2.45, 2.75) is 6.42 Å². The van der Waals surface area contributed by atoms with Gasteiger partial charge in [-0.05, 0) is 23.6 Å². The van der Waals surface area contributed by atoms with Crippen molar-refractivity contribution in [2.24, 2.45) is 5.11 Å². The lowest BCUT2D eigenvalue weighted by Gasteiger charge is -1.89. The monoisotopic (exact) mass is 197 g/mol. The number of nitriles is 1. The van der Waals surface area contributed by atoms with Gasteiger partial charge in [-0.1, -0.05) is 17.1 Å². The van der Waals surface area contributed by atoms with Crippen LogP contribution in [-0.4, -0.2) is 11.5 Å². The average Bonchev–Trinajstić information content (AvgIpc) is 2.29. The van der Waals surface area contributed by atoms with Crippen molar-refractivity contribution in [3.05, 3.63) is 40.0 Å². The second kappa shape index (κ2) is 6.04. The number of nitrogens with zero attached hydrogens (tertiary/aromatic N) is 5. The molecule has 0 saturated heterocycles. The highest BCUT2D eigenvalue weighted by atomic mass is 15.1. The summed E-state index contributed by atoms with van der Waals surface area (Å²) in [5, 5.41) is 11.9. The number of hydrogen-bond donors (Lipinski definition) is 0. The quantitative estimate of drug-likeness (QED) is 0.239. The minimum Gasteiger partial charge on any atom is -0.229 e. The summed E-state index contributed by atoms with van der Waals surface area (Å²) in [4.78, 5) is 6.58. The average molecular weight is 197 g/mol. The predicted molar refractivity (Wildman–Crippen MR) is 54.5 cm³/mol. The van der Waals surface area contributed by atoms with Crippen molar-refractivity contribution < 1.29 is 0 Å². The van der Waals surface area contributed by atoms with Crippen LogP contribution in [0.15, 0.2) is 23.3 Å². The van der Waals surface area contributed by atoms with E-state index < -0.39 is 0 Å². The second-order valence-corrected chi connectivity index (χ2v) is 2.53. The van der Waals surface area contributed by atoms with Gasteiger partial charge in [0, 0.05) is 17.9 Å². The number of rotatable bonds is 2. The summed E-state index contributed by atoms with van der Waals surface area (Å²) in [5.74, 6) is 5.58. The molecule has 1 heterocycles. The van der Waals surface area contributed by atoms with Gasteiger partial charge in [0.1, 0.15) is 17.5 Å². The zero-order chi connectivity index (χ0) is 10.9. The molecule has 5 nitrogen and oxygen atoms in total. The van der Waals surface area contributed by atoms with E-state index in [0.29, 0.717) is 24.4 Å². The van der Waals surface area contributed by atoms with E-state index in [-0.39, 0.29) is 0 Å². The molecule has 0 spiro atoms. The molecular formula is C10H7N5. The van der Waals surface area contributed by atoms with E-state index in [1.807, 2.05) is 6.07 Å². The highest BCUT2D eigenvalue weighted by molar-refractivity contribution is 5.32. The summed E-state index contributed by atoms with van der Waals surface area (Å²) in [5.41, 5.74) is 8.91. The zero-order valence-corrected chi connectivity index (χ0v) is 7.88. The molecule has 0 aliphatic rings. The van der Waals surface area contributed by atoms with Gasteiger partial charge in [0.15, 0.2) is 0 Å². The van der Waals surface area contributed by atoms with E-state index >= 15 is 0 Å². The maximum atomic E-state index is 8.59. The van der Waals surface area contributed by atoms with Gasteiger partial charge in [-0.25, -0.2) is 4.98 Å². The summed E-state index contributed by atoms with van der Waals surface area (Å²) in [7, 11) is 0. The van der Waals surface area contributed by atoms with E-state index in [2.05, 4.69) is 26.9 Å². The standard InChI is InChI=1S/C10H7N5/c11-8-10-6-3-5-9(14-10)4-1-2-7-13-15-12/h3,5-6H,2,7H2. The number of hydrogen-bond acceptors (Lipinski definition) is 3.